The van der Waals surface area contributed by atoms with Gasteiger partial charge in [0.05, 0.1) is 31.0 Å². The molecule has 0 radical (unpaired) electrons. The van der Waals surface area contributed by atoms with Crippen molar-refractivity contribution in [2.75, 3.05) is 12.4 Å². The number of carbonyl (C=O) groups excluding carboxylic acids is 1. The molecule has 2 aromatic rings. The Bertz CT molecular complexity index is 593. The third kappa shape index (κ3) is 3.35. The van der Waals surface area contributed by atoms with Crippen molar-refractivity contribution in [2.24, 2.45) is 0 Å². The fourth-order valence-corrected chi connectivity index (χ4v) is 1.54. The molecule has 0 aliphatic rings. The number of furan rings is 1. The minimum atomic E-state index is -1.11. The summed E-state index contributed by atoms with van der Waals surface area (Å²) in [5.74, 6) is -1.11. The van der Waals surface area contributed by atoms with E-state index in [9.17, 15) is 9.59 Å². The summed E-state index contributed by atoms with van der Waals surface area (Å²) in [5.41, 5.74) is 1.23. The number of amides is 2. The quantitative estimate of drug-likeness (QED) is 0.890. The number of nitrogens with zero attached hydrogens (tertiary/aromatic N) is 2. The number of aromatic nitrogens is 1. The summed E-state index contributed by atoms with van der Waals surface area (Å²) in [4.78, 5) is 27.7. The lowest BCUT2D eigenvalue weighted by molar-refractivity contribution is 0.0690. The van der Waals surface area contributed by atoms with Gasteiger partial charge in [0.2, 0.25) is 0 Å². The van der Waals surface area contributed by atoms with E-state index in [-0.39, 0.29) is 11.7 Å². The van der Waals surface area contributed by atoms with E-state index in [1.165, 1.54) is 29.5 Å². The van der Waals surface area contributed by atoms with Gasteiger partial charge in [-0.3, -0.25) is 0 Å². The van der Waals surface area contributed by atoms with Crippen molar-refractivity contribution in [3.05, 3.63) is 48.2 Å². The number of anilines is 1. The molecule has 2 aromatic heterocycles. The molecule has 0 aliphatic carbocycles. The lowest BCUT2D eigenvalue weighted by Gasteiger charge is -2.16. The van der Waals surface area contributed by atoms with Gasteiger partial charge < -0.3 is 19.7 Å². The number of pyridine rings is 1. The number of aromatic carboxylic acids is 1. The zero-order chi connectivity index (χ0) is 14.5. The minimum absolute atomic E-state index is 0.0743. The van der Waals surface area contributed by atoms with E-state index < -0.39 is 5.97 Å². The molecule has 2 N–H and O–H groups in total. The first-order valence-electron chi connectivity index (χ1n) is 5.79. The van der Waals surface area contributed by atoms with Crippen molar-refractivity contribution in [3.8, 4) is 0 Å². The monoisotopic (exact) mass is 275 g/mol. The molecule has 0 saturated heterocycles. The second kappa shape index (κ2) is 5.87. The van der Waals surface area contributed by atoms with Crippen LogP contribution in [-0.4, -0.2) is 34.0 Å². The Balaban J connectivity index is 1.95. The van der Waals surface area contributed by atoms with Crippen molar-refractivity contribution in [3.63, 3.8) is 0 Å². The highest BCUT2D eigenvalue weighted by Crippen LogP contribution is 2.09. The predicted octanol–water partition coefficient (Wildman–Crippen LogP) is 2.04. The van der Waals surface area contributed by atoms with E-state index in [0.29, 0.717) is 12.2 Å². The second-order valence-electron chi connectivity index (χ2n) is 4.16. The van der Waals surface area contributed by atoms with Crippen LogP contribution in [0.5, 0.6) is 0 Å². The summed E-state index contributed by atoms with van der Waals surface area (Å²) in [5, 5.41) is 11.3. The topological polar surface area (TPSA) is 95.7 Å². The molecule has 2 heterocycles. The van der Waals surface area contributed by atoms with Gasteiger partial charge in [-0.05, 0) is 18.2 Å². The molecule has 2 rings (SSSR count). The van der Waals surface area contributed by atoms with E-state index in [1.807, 2.05) is 0 Å². The van der Waals surface area contributed by atoms with Gasteiger partial charge >= 0.3 is 12.0 Å². The Hall–Kier alpha value is -2.83. The predicted molar refractivity (Wildman–Crippen MR) is 70.4 cm³/mol. The van der Waals surface area contributed by atoms with Crippen molar-refractivity contribution in [2.45, 2.75) is 6.54 Å². The third-order valence-electron chi connectivity index (χ3n) is 2.58. The Morgan fingerprint density at radius 3 is 2.75 bits per heavy atom. The maximum Gasteiger partial charge on any atom is 0.354 e. The molecule has 104 valence electrons. The van der Waals surface area contributed by atoms with Gasteiger partial charge in [0.15, 0.2) is 0 Å². The molecule has 0 aromatic carbocycles. The van der Waals surface area contributed by atoms with Gasteiger partial charge in [-0.2, -0.15) is 0 Å². The van der Waals surface area contributed by atoms with Crippen LogP contribution in [0.25, 0.3) is 0 Å². The summed E-state index contributed by atoms with van der Waals surface area (Å²) < 4.78 is 4.93. The summed E-state index contributed by atoms with van der Waals surface area (Å²) in [6.07, 6.45) is 4.40. The molecule has 7 nitrogen and oxygen atoms in total. The maximum atomic E-state index is 11.9. The largest absolute Gasteiger partial charge is 0.477 e. The number of nitrogens with one attached hydrogen (secondary N) is 1. The van der Waals surface area contributed by atoms with Crippen LogP contribution >= 0.6 is 0 Å². The zero-order valence-corrected chi connectivity index (χ0v) is 10.7. The van der Waals surface area contributed by atoms with Crippen molar-refractivity contribution in [1.29, 1.82) is 0 Å². The lowest BCUT2D eigenvalue weighted by Crippen LogP contribution is -2.30. The number of urea groups is 1. The molecular weight excluding hydrogens is 262 g/mol. The van der Waals surface area contributed by atoms with Crippen molar-refractivity contribution in [1.82, 2.24) is 9.88 Å². The second-order valence-corrected chi connectivity index (χ2v) is 4.16. The fraction of sp³-hybridized carbons (Fsp3) is 0.154. The van der Waals surface area contributed by atoms with Crippen molar-refractivity contribution < 1.29 is 19.1 Å². The summed E-state index contributed by atoms with van der Waals surface area (Å²) in [7, 11) is 1.64. The van der Waals surface area contributed by atoms with E-state index >= 15 is 0 Å². The van der Waals surface area contributed by atoms with E-state index in [4.69, 9.17) is 9.52 Å². The number of carboxylic acid groups (broad SMARTS) is 1. The van der Waals surface area contributed by atoms with Crippen LogP contribution in [0, 0.1) is 0 Å². The average molecular weight is 275 g/mol. The van der Waals surface area contributed by atoms with Crippen LogP contribution in [0.3, 0.4) is 0 Å². The standard InChI is InChI=1S/C13H13N3O4/c1-16(7-9-4-5-20-8-9)13(19)15-10-2-3-11(12(17)18)14-6-10/h2-6,8H,7H2,1H3,(H,15,19)(H,17,18). The molecule has 7 heteroatoms. The minimum Gasteiger partial charge on any atom is -0.477 e. The molecule has 0 saturated carbocycles. The summed E-state index contributed by atoms with van der Waals surface area (Å²) >= 11 is 0. The molecule has 0 bridgehead atoms. The van der Waals surface area contributed by atoms with Crippen LogP contribution in [0.4, 0.5) is 10.5 Å². The number of rotatable bonds is 4. The first kappa shape index (κ1) is 13.6. The van der Waals surface area contributed by atoms with E-state index in [2.05, 4.69) is 10.3 Å². The maximum absolute atomic E-state index is 11.9. The Morgan fingerprint density at radius 2 is 2.20 bits per heavy atom. The number of carbonyl (C=O) groups is 2. The average Bonchev–Trinajstić information content (AvgIpc) is 2.92. The first-order chi connectivity index (χ1) is 9.56. The van der Waals surface area contributed by atoms with Crippen LogP contribution in [0.2, 0.25) is 0 Å². The van der Waals surface area contributed by atoms with Crippen LogP contribution < -0.4 is 5.32 Å². The number of carboxylic acids is 1. The smallest absolute Gasteiger partial charge is 0.354 e. The highest BCUT2D eigenvalue weighted by atomic mass is 16.4. The van der Waals surface area contributed by atoms with Gasteiger partial charge in [-0.1, -0.05) is 0 Å². The highest BCUT2D eigenvalue weighted by Gasteiger charge is 2.11. The number of hydrogen-bond acceptors (Lipinski definition) is 4. The first-order valence-corrected chi connectivity index (χ1v) is 5.79. The van der Waals surface area contributed by atoms with Crippen LogP contribution in [-0.2, 0) is 6.54 Å². The molecule has 0 spiro atoms. The highest BCUT2D eigenvalue weighted by molar-refractivity contribution is 5.90. The van der Waals surface area contributed by atoms with Gasteiger partial charge in [0.25, 0.3) is 0 Å². The fourth-order valence-electron chi connectivity index (χ4n) is 1.54. The molecule has 2 amide bonds. The van der Waals surface area contributed by atoms with Gasteiger partial charge in [0, 0.05) is 12.6 Å². The normalized spacial score (nSPS) is 10.1. The van der Waals surface area contributed by atoms with E-state index in [1.54, 1.807) is 19.4 Å². The molecule has 0 fully saturated rings. The number of hydrogen-bond donors (Lipinski definition) is 2. The Morgan fingerprint density at radius 1 is 1.40 bits per heavy atom. The Labute approximate surface area is 114 Å². The van der Waals surface area contributed by atoms with Crippen molar-refractivity contribution >= 4 is 17.7 Å². The summed E-state index contributed by atoms with van der Waals surface area (Å²) in [6, 6.07) is 4.26. The van der Waals surface area contributed by atoms with Gasteiger partial charge in [0.1, 0.15) is 5.69 Å². The van der Waals surface area contributed by atoms with Gasteiger partial charge in [-0.15, -0.1) is 0 Å². The van der Waals surface area contributed by atoms with Crippen LogP contribution in [0.1, 0.15) is 16.1 Å². The third-order valence-corrected chi connectivity index (χ3v) is 2.58. The zero-order valence-electron chi connectivity index (χ0n) is 10.7. The summed E-state index contributed by atoms with van der Waals surface area (Å²) in [6.45, 7) is 0.406. The van der Waals surface area contributed by atoms with E-state index in [0.717, 1.165) is 5.56 Å². The van der Waals surface area contributed by atoms with Gasteiger partial charge in [-0.25, -0.2) is 14.6 Å². The lowest BCUT2D eigenvalue weighted by atomic mass is 10.3. The molecular formula is C13H13N3O4. The Kier molecular flexibility index (Phi) is 3.99. The van der Waals surface area contributed by atoms with Crippen LogP contribution in [0.15, 0.2) is 41.3 Å². The SMILES string of the molecule is CN(Cc1ccoc1)C(=O)Nc1ccc(C(=O)O)nc1. The molecule has 0 atom stereocenters. The molecule has 0 aliphatic heterocycles. The molecule has 0 unspecified atom stereocenters. The molecule has 20 heavy (non-hydrogen) atoms.